The smallest absolute Gasteiger partial charge is 0.227 e. The second kappa shape index (κ2) is 6.26. The van der Waals surface area contributed by atoms with E-state index in [4.69, 9.17) is 9.26 Å². The molecule has 1 aliphatic heterocycles. The Hall–Kier alpha value is -1.88. The van der Waals surface area contributed by atoms with Gasteiger partial charge in [0.05, 0.1) is 0 Å². The van der Waals surface area contributed by atoms with Gasteiger partial charge in [-0.2, -0.15) is 4.98 Å². The Labute approximate surface area is 124 Å². The lowest BCUT2D eigenvalue weighted by atomic mass is 9.98. The first-order chi connectivity index (χ1) is 10.3. The van der Waals surface area contributed by atoms with E-state index in [0.29, 0.717) is 17.6 Å². The Balaban J connectivity index is 1.71. The highest BCUT2D eigenvalue weighted by Gasteiger charge is 2.25. The molecular formula is C16H21N3O2. The van der Waals surface area contributed by atoms with Crippen molar-refractivity contribution in [3.05, 3.63) is 41.5 Å². The molecule has 0 spiro atoms. The Morgan fingerprint density at radius 2 is 2.29 bits per heavy atom. The van der Waals surface area contributed by atoms with Gasteiger partial charge in [-0.15, -0.1) is 0 Å². The number of rotatable bonds is 6. The maximum absolute atomic E-state index is 5.42. The van der Waals surface area contributed by atoms with Gasteiger partial charge in [0.25, 0.3) is 0 Å². The van der Waals surface area contributed by atoms with Gasteiger partial charge in [-0.1, -0.05) is 36.7 Å². The van der Waals surface area contributed by atoms with E-state index in [2.05, 4.69) is 40.6 Å². The number of anilines is 1. The molecule has 2 atom stereocenters. The van der Waals surface area contributed by atoms with E-state index in [1.165, 1.54) is 11.3 Å². The maximum Gasteiger partial charge on any atom is 0.227 e. The van der Waals surface area contributed by atoms with Crippen molar-refractivity contribution in [3.63, 3.8) is 0 Å². The maximum atomic E-state index is 5.42. The van der Waals surface area contributed by atoms with Crippen LogP contribution in [0.25, 0.3) is 0 Å². The standard InChI is InChI=1S/C16H21N3O2/c1-3-6-14(20-2)16-18-15(21-19-16)9-11-10-17-13-8-5-4-7-12(11)13/h4-5,7-8,11,14,17H,3,6,9-10H2,1-2H3. The number of benzene rings is 1. The Kier molecular flexibility index (Phi) is 4.20. The fraction of sp³-hybridized carbons (Fsp3) is 0.500. The number of ether oxygens (including phenoxy) is 1. The third kappa shape index (κ3) is 2.93. The summed E-state index contributed by atoms with van der Waals surface area (Å²) >= 11 is 0. The zero-order chi connectivity index (χ0) is 14.7. The molecule has 21 heavy (non-hydrogen) atoms. The second-order valence-electron chi connectivity index (χ2n) is 5.43. The lowest BCUT2D eigenvalue weighted by Crippen LogP contribution is -2.07. The molecule has 1 N–H and O–H groups in total. The first-order valence-corrected chi connectivity index (χ1v) is 7.50. The summed E-state index contributed by atoms with van der Waals surface area (Å²) in [5.41, 5.74) is 2.54. The van der Waals surface area contributed by atoms with Crippen molar-refractivity contribution >= 4 is 5.69 Å². The lowest BCUT2D eigenvalue weighted by molar-refractivity contribution is 0.0854. The average molecular weight is 287 g/mol. The number of hydrogen-bond acceptors (Lipinski definition) is 5. The van der Waals surface area contributed by atoms with Crippen LogP contribution < -0.4 is 5.32 Å². The van der Waals surface area contributed by atoms with Crippen LogP contribution in [0.1, 0.15) is 49.1 Å². The lowest BCUT2D eigenvalue weighted by Gasteiger charge is -2.08. The minimum atomic E-state index is -0.0681. The quantitative estimate of drug-likeness (QED) is 0.883. The van der Waals surface area contributed by atoms with Gasteiger partial charge in [0.15, 0.2) is 0 Å². The van der Waals surface area contributed by atoms with Gasteiger partial charge >= 0.3 is 0 Å². The number of methoxy groups -OCH3 is 1. The van der Waals surface area contributed by atoms with Crippen LogP contribution >= 0.6 is 0 Å². The minimum Gasteiger partial charge on any atom is -0.384 e. The summed E-state index contributed by atoms with van der Waals surface area (Å²) in [6, 6.07) is 8.39. The van der Waals surface area contributed by atoms with Crippen LogP contribution in [-0.2, 0) is 11.2 Å². The first kappa shape index (κ1) is 14.1. The van der Waals surface area contributed by atoms with E-state index in [9.17, 15) is 0 Å². The van der Waals surface area contributed by atoms with Crippen molar-refractivity contribution in [2.24, 2.45) is 0 Å². The third-order valence-electron chi connectivity index (χ3n) is 3.97. The molecule has 112 valence electrons. The molecule has 0 aliphatic carbocycles. The van der Waals surface area contributed by atoms with E-state index in [1.54, 1.807) is 7.11 Å². The number of nitrogens with one attached hydrogen (secondary N) is 1. The van der Waals surface area contributed by atoms with Crippen LogP contribution in [0.2, 0.25) is 0 Å². The number of para-hydroxylation sites is 1. The molecule has 5 heteroatoms. The molecular weight excluding hydrogens is 266 g/mol. The van der Waals surface area contributed by atoms with Gasteiger partial charge in [-0.3, -0.25) is 0 Å². The monoisotopic (exact) mass is 287 g/mol. The zero-order valence-electron chi connectivity index (χ0n) is 12.5. The molecule has 2 aromatic rings. The summed E-state index contributed by atoms with van der Waals surface area (Å²) < 4.78 is 10.8. The van der Waals surface area contributed by atoms with Gasteiger partial charge in [-0.05, 0) is 18.1 Å². The Morgan fingerprint density at radius 1 is 1.43 bits per heavy atom. The highest BCUT2D eigenvalue weighted by molar-refractivity contribution is 5.57. The minimum absolute atomic E-state index is 0.0681. The fourth-order valence-electron chi connectivity index (χ4n) is 2.85. The van der Waals surface area contributed by atoms with Crippen molar-refractivity contribution in [1.29, 1.82) is 0 Å². The first-order valence-electron chi connectivity index (χ1n) is 7.50. The highest BCUT2D eigenvalue weighted by Crippen LogP contribution is 2.33. The summed E-state index contributed by atoms with van der Waals surface area (Å²) in [4.78, 5) is 4.51. The molecule has 3 rings (SSSR count). The summed E-state index contributed by atoms with van der Waals surface area (Å²) in [5, 5.41) is 7.49. The SMILES string of the molecule is CCCC(OC)c1noc(CC2CNc3ccccc32)n1. The second-order valence-corrected chi connectivity index (χ2v) is 5.43. The van der Waals surface area contributed by atoms with Crippen molar-refractivity contribution < 1.29 is 9.26 Å². The van der Waals surface area contributed by atoms with Crippen LogP contribution in [0.4, 0.5) is 5.69 Å². The molecule has 0 radical (unpaired) electrons. The fourth-order valence-corrected chi connectivity index (χ4v) is 2.85. The van der Waals surface area contributed by atoms with Crippen molar-refractivity contribution in [2.75, 3.05) is 19.0 Å². The molecule has 0 bridgehead atoms. The molecule has 0 saturated carbocycles. The van der Waals surface area contributed by atoms with Gasteiger partial charge in [0.1, 0.15) is 6.10 Å². The van der Waals surface area contributed by atoms with E-state index in [1.807, 2.05) is 6.07 Å². The molecule has 0 fully saturated rings. The summed E-state index contributed by atoms with van der Waals surface area (Å²) in [5.74, 6) is 1.74. The zero-order valence-corrected chi connectivity index (χ0v) is 12.5. The van der Waals surface area contributed by atoms with E-state index < -0.39 is 0 Å². The predicted octanol–water partition coefficient (Wildman–Crippen LogP) is 3.31. The van der Waals surface area contributed by atoms with Gasteiger partial charge in [0.2, 0.25) is 11.7 Å². The van der Waals surface area contributed by atoms with Crippen LogP contribution in [0.15, 0.2) is 28.8 Å². The van der Waals surface area contributed by atoms with Crippen LogP contribution in [-0.4, -0.2) is 23.8 Å². The number of fused-ring (bicyclic) bond motifs is 1. The average Bonchev–Trinajstić information content (AvgIpc) is 3.13. The molecule has 0 saturated heterocycles. The molecule has 1 aliphatic rings. The molecule has 2 heterocycles. The van der Waals surface area contributed by atoms with Crippen LogP contribution in [0.5, 0.6) is 0 Å². The molecule has 1 aromatic heterocycles. The molecule has 1 aromatic carbocycles. The Morgan fingerprint density at radius 3 is 3.10 bits per heavy atom. The highest BCUT2D eigenvalue weighted by atomic mass is 16.5. The van der Waals surface area contributed by atoms with E-state index in [0.717, 1.165) is 25.8 Å². The molecule has 5 nitrogen and oxygen atoms in total. The topological polar surface area (TPSA) is 60.2 Å². The van der Waals surface area contributed by atoms with Gasteiger partial charge in [-0.25, -0.2) is 0 Å². The van der Waals surface area contributed by atoms with E-state index >= 15 is 0 Å². The largest absolute Gasteiger partial charge is 0.384 e. The van der Waals surface area contributed by atoms with Crippen LogP contribution in [0, 0.1) is 0 Å². The summed E-state index contributed by atoms with van der Waals surface area (Å²) in [6.07, 6.45) is 2.63. The van der Waals surface area contributed by atoms with Crippen LogP contribution in [0.3, 0.4) is 0 Å². The van der Waals surface area contributed by atoms with Gasteiger partial charge in [0, 0.05) is 31.7 Å². The third-order valence-corrected chi connectivity index (χ3v) is 3.97. The molecule has 0 amide bonds. The number of hydrogen-bond donors (Lipinski definition) is 1. The van der Waals surface area contributed by atoms with E-state index in [-0.39, 0.29) is 6.10 Å². The Bertz CT molecular complexity index is 597. The van der Waals surface area contributed by atoms with Crippen molar-refractivity contribution in [3.8, 4) is 0 Å². The molecule has 2 unspecified atom stereocenters. The predicted molar refractivity (Wildman–Crippen MR) is 80.3 cm³/mol. The number of aromatic nitrogens is 2. The van der Waals surface area contributed by atoms with Crippen molar-refractivity contribution in [1.82, 2.24) is 10.1 Å². The number of nitrogens with zero attached hydrogens (tertiary/aromatic N) is 2. The summed E-state index contributed by atoms with van der Waals surface area (Å²) in [7, 11) is 1.69. The summed E-state index contributed by atoms with van der Waals surface area (Å²) in [6.45, 7) is 3.04. The van der Waals surface area contributed by atoms with Crippen molar-refractivity contribution in [2.45, 2.75) is 38.2 Å². The normalized spacial score (nSPS) is 18.3. The van der Waals surface area contributed by atoms with Gasteiger partial charge < -0.3 is 14.6 Å².